The molecule has 1 aliphatic heterocycles. The molecule has 0 aromatic heterocycles. The molecule has 3 aromatic rings. The van der Waals surface area contributed by atoms with Crippen molar-refractivity contribution in [2.75, 3.05) is 6.54 Å². The lowest BCUT2D eigenvalue weighted by atomic mass is 9.81. The van der Waals surface area contributed by atoms with E-state index in [1.807, 2.05) is 29.2 Å². The van der Waals surface area contributed by atoms with Gasteiger partial charge in [0.05, 0.1) is 0 Å². The van der Waals surface area contributed by atoms with Crippen molar-refractivity contribution in [1.82, 2.24) is 4.90 Å². The fourth-order valence-electron chi connectivity index (χ4n) is 4.47. The third-order valence-electron chi connectivity index (χ3n) is 5.92. The zero-order valence-electron chi connectivity index (χ0n) is 16.3. The Labute approximate surface area is 171 Å². The van der Waals surface area contributed by atoms with Gasteiger partial charge in [0.15, 0.2) is 0 Å². The van der Waals surface area contributed by atoms with E-state index in [1.165, 1.54) is 33.4 Å². The maximum Gasteiger partial charge on any atom is 0.250 e. The van der Waals surface area contributed by atoms with Crippen molar-refractivity contribution in [3.8, 4) is 0 Å². The summed E-state index contributed by atoms with van der Waals surface area (Å²) in [6, 6.07) is 31.4. The first-order chi connectivity index (χ1) is 14.3. The van der Waals surface area contributed by atoms with Gasteiger partial charge in [0.1, 0.15) is 0 Å². The fourth-order valence-corrected chi connectivity index (χ4v) is 4.47. The summed E-state index contributed by atoms with van der Waals surface area (Å²) >= 11 is 0. The molecule has 5 rings (SSSR count). The summed E-state index contributed by atoms with van der Waals surface area (Å²) in [6.45, 7) is 1.41. The second-order valence-electron chi connectivity index (χ2n) is 7.77. The molecule has 0 saturated carbocycles. The monoisotopic (exact) mass is 377 g/mol. The number of hydrogen-bond acceptors (Lipinski definition) is 1. The van der Waals surface area contributed by atoms with Crippen LogP contribution in [0.3, 0.4) is 0 Å². The highest BCUT2D eigenvalue weighted by atomic mass is 16.2. The van der Waals surface area contributed by atoms with Crippen molar-refractivity contribution >= 4 is 17.1 Å². The number of carbonyl (C=O) groups excluding carboxylic acids is 1. The molecular formula is C27H23NO. The van der Waals surface area contributed by atoms with Crippen molar-refractivity contribution in [2.45, 2.75) is 19.4 Å². The summed E-state index contributed by atoms with van der Waals surface area (Å²) in [7, 11) is 0. The molecule has 0 radical (unpaired) electrons. The van der Waals surface area contributed by atoms with E-state index in [-0.39, 0.29) is 5.91 Å². The van der Waals surface area contributed by atoms with Gasteiger partial charge >= 0.3 is 0 Å². The van der Waals surface area contributed by atoms with Gasteiger partial charge in [0, 0.05) is 25.1 Å². The summed E-state index contributed by atoms with van der Waals surface area (Å²) in [5.74, 6) is 0.199. The second kappa shape index (κ2) is 7.56. The van der Waals surface area contributed by atoms with Gasteiger partial charge in [-0.1, -0.05) is 91.0 Å². The summed E-state index contributed by atoms with van der Waals surface area (Å²) < 4.78 is 0. The molecule has 2 nitrogen and oxygen atoms in total. The quantitative estimate of drug-likeness (QED) is 0.568. The molecule has 1 amide bonds. The van der Waals surface area contributed by atoms with Crippen LogP contribution in [0.2, 0.25) is 0 Å². The minimum Gasteiger partial charge on any atom is -0.331 e. The van der Waals surface area contributed by atoms with E-state index < -0.39 is 0 Å². The molecule has 1 heterocycles. The lowest BCUT2D eigenvalue weighted by Crippen LogP contribution is -2.26. The standard InChI is InChI=1S/C27H23NO/c29-27-26-17-25(22-14-8-3-9-15-22)24(21-12-6-2-7-13-21)16-23(26)19-28(27)18-20-10-4-1-5-11-20/h1-15H,16-19H2. The van der Waals surface area contributed by atoms with Gasteiger partial charge < -0.3 is 4.90 Å². The minimum absolute atomic E-state index is 0.199. The van der Waals surface area contributed by atoms with E-state index in [4.69, 9.17) is 0 Å². The first kappa shape index (κ1) is 17.7. The molecular weight excluding hydrogens is 354 g/mol. The zero-order chi connectivity index (χ0) is 19.6. The van der Waals surface area contributed by atoms with Gasteiger partial charge in [0.25, 0.3) is 5.91 Å². The summed E-state index contributed by atoms with van der Waals surface area (Å²) in [4.78, 5) is 15.2. The Hall–Kier alpha value is -3.39. The molecule has 3 aromatic carbocycles. The van der Waals surface area contributed by atoms with Crippen LogP contribution >= 0.6 is 0 Å². The van der Waals surface area contributed by atoms with E-state index in [2.05, 4.69) is 66.7 Å². The van der Waals surface area contributed by atoms with Crippen LogP contribution in [0.15, 0.2) is 102 Å². The lowest BCUT2D eigenvalue weighted by Gasteiger charge is -2.22. The Balaban J connectivity index is 1.48. The zero-order valence-corrected chi connectivity index (χ0v) is 16.3. The van der Waals surface area contributed by atoms with Crippen molar-refractivity contribution in [3.63, 3.8) is 0 Å². The third kappa shape index (κ3) is 3.42. The van der Waals surface area contributed by atoms with Crippen LogP contribution in [0.1, 0.15) is 29.5 Å². The average Bonchev–Trinajstić information content (AvgIpc) is 3.09. The molecule has 0 unspecified atom stereocenters. The largest absolute Gasteiger partial charge is 0.331 e. The predicted molar refractivity (Wildman–Crippen MR) is 118 cm³/mol. The van der Waals surface area contributed by atoms with Crippen LogP contribution in [0.4, 0.5) is 0 Å². The van der Waals surface area contributed by atoms with Crippen LogP contribution in [-0.2, 0) is 11.3 Å². The number of amides is 1. The molecule has 0 N–H and O–H groups in total. The molecule has 29 heavy (non-hydrogen) atoms. The van der Waals surface area contributed by atoms with Crippen LogP contribution in [0.5, 0.6) is 0 Å². The summed E-state index contributed by atoms with van der Waals surface area (Å²) in [5, 5.41) is 0. The van der Waals surface area contributed by atoms with Crippen LogP contribution in [0.25, 0.3) is 11.1 Å². The number of allylic oxidation sites excluding steroid dienone is 2. The molecule has 0 fully saturated rings. The van der Waals surface area contributed by atoms with Crippen molar-refractivity contribution < 1.29 is 4.79 Å². The van der Waals surface area contributed by atoms with Crippen molar-refractivity contribution in [2.24, 2.45) is 0 Å². The van der Waals surface area contributed by atoms with Gasteiger partial charge in [-0.25, -0.2) is 0 Å². The number of hydrogen-bond donors (Lipinski definition) is 0. The molecule has 0 atom stereocenters. The Morgan fingerprint density at radius 1 is 0.621 bits per heavy atom. The number of benzene rings is 3. The highest BCUT2D eigenvalue weighted by molar-refractivity contribution is 6.05. The maximum atomic E-state index is 13.2. The summed E-state index contributed by atoms with van der Waals surface area (Å²) in [5.41, 5.74) is 8.57. The van der Waals surface area contributed by atoms with E-state index in [0.29, 0.717) is 13.0 Å². The fraction of sp³-hybridized carbons (Fsp3) is 0.148. The molecule has 2 heteroatoms. The first-order valence-corrected chi connectivity index (χ1v) is 10.2. The highest BCUT2D eigenvalue weighted by Crippen LogP contribution is 2.44. The first-order valence-electron chi connectivity index (χ1n) is 10.2. The van der Waals surface area contributed by atoms with Gasteiger partial charge in [-0.15, -0.1) is 0 Å². The van der Waals surface area contributed by atoms with Crippen LogP contribution in [-0.4, -0.2) is 17.4 Å². The second-order valence-corrected chi connectivity index (χ2v) is 7.77. The van der Waals surface area contributed by atoms with Crippen LogP contribution < -0.4 is 0 Å². The smallest absolute Gasteiger partial charge is 0.250 e. The molecule has 1 aliphatic carbocycles. The Kier molecular flexibility index (Phi) is 4.61. The van der Waals surface area contributed by atoms with Crippen molar-refractivity contribution in [1.29, 1.82) is 0 Å². The predicted octanol–water partition coefficient (Wildman–Crippen LogP) is 5.73. The Morgan fingerprint density at radius 2 is 1.14 bits per heavy atom. The van der Waals surface area contributed by atoms with Crippen LogP contribution in [0, 0.1) is 0 Å². The average molecular weight is 377 g/mol. The third-order valence-corrected chi connectivity index (χ3v) is 5.92. The SMILES string of the molecule is O=C1C2=C(CC(c3ccccc3)=C(c3ccccc3)C2)CN1Cc1ccccc1. The molecule has 0 bridgehead atoms. The molecule has 0 spiro atoms. The lowest BCUT2D eigenvalue weighted by molar-refractivity contribution is -0.126. The normalized spacial score (nSPS) is 16.4. The number of nitrogens with zero attached hydrogens (tertiary/aromatic N) is 1. The van der Waals surface area contributed by atoms with Gasteiger partial charge in [-0.3, -0.25) is 4.79 Å². The van der Waals surface area contributed by atoms with E-state index >= 15 is 0 Å². The minimum atomic E-state index is 0.199. The Bertz CT molecular complexity index is 1100. The van der Waals surface area contributed by atoms with Gasteiger partial charge in [-0.2, -0.15) is 0 Å². The van der Waals surface area contributed by atoms with Gasteiger partial charge in [-0.05, 0) is 39.8 Å². The Morgan fingerprint density at radius 3 is 1.72 bits per heavy atom. The van der Waals surface area contributed by atoms with Gasteiger partial charge in [0.2, 0.25) is 0 Å². The summed E-state index contributed by atoms with van der Waals surface area (Å²) in [6.07, 6.45) is 1.56. The van der Waals surface area contributed by atoms with E-state index in [9.17, 15) is 4.79 Å². The van der Waals surface area contributed by atoms with E-state index in [1.54, 1.807) is 0 Å². The number of rotatable bonds is 4. The number of carbonyl (C=O) groups is 1. The highest BCUT2D eigenvalue weighted by Gasteiger charge is 2.34. The van der Waals surface area contributed by atoms with E-state index in [0.717, 1.165) is 18.5 Å². The van der Waals surface area contributed by atoms with Crippen molar-refractivity contribution in [3.05, 3.63) is 119 Å². The molecule has 2 aliphatic rings. The molecule has 0 saturated heterocycles. The molecule has 142 valence electrons. The topological polar surface area (TPSA) is 20.3 Å². The maximum absolute atomic E-state index is 13.2.